The van der Waals surface area contributed by atoms with Crippen LogP contribution >= 0.6 is 11.3 Å². The van der Waals surface area contributed by atoms with Gasteiger partial charge in [0.25, 0.3) is 0 Å². The normalized spacial score (nSPS) is 20.5. The zero-order valence-corrected chi connectivity index (χ0v) is 8.21. The molecule has 0 aromatic carbocycles. The molecule has 2 heterocycles. The quantitative estimate of drug-likeness (QED) is 0.539. The Bertz CT molecular complexity index is 408. The summed E-state index contributed by atoms with van der Waals surface area (Å²) in [5.41, 5.74) is 0. The Morgan fingerprint density at radius 3 is 2.93 bits per heavy atom. The van der Waals surface area contributed by atoms with Crippen molar-refractivity contribution in [2.24, 2.45) is 4.99 Å². The monoisotopic (exact) mass is 209 g/mol. The fourth-order valence-electron chi connectivity index (χ4n) is 1.12. The first kappa shape index (κ1) is 9.08. The fourth-order valence-corrected chi connectivity index (χ4v) is 1.77. The zero-order valence-electron chi connectivity index (χ0n) is 7.39. The molecule has 1 atom stereocenters. The number of hydrogen-bond acceptors (Lipinski definition) is 5. The number of aliphatic imine (C=N–C) groups is 1. The van der Waals surface area contributed by atoms with Crippen LogP contribution in [-0.2, 0) is 14.3 Å². The van der Waals surface area contributed by atoms with Gasteiger partial charge in [-0.1, -0.05) is 6.07 Å². The number of carbonyl (C=O) groups is 2. The largest absolute Gasteiger partial charge is 0.404 e. The molecule has 0 N–H and O–H groups in total. The lowest BCUT2D eigenvalue weighted by molar-refractivity contribution is -0.138. The van der Waals surface area contributed by atoms with Crippen molar-refractivity contribution in [1.82, 2.24) is 0 Å². The van der Waals surface area contributed by atoms with Crippen LogP contribution in [0.1, 0.15) is 11.8 Å². The highest BCUT2D eigenvalue weighted by atomic mass is 32.1. The van der Waals surface area contributed by atoms with Gasteiger partial charge in [0.05, 0.1) is 4.88 Å². The van der Waals surface area contributed by atoms with Gasteiger partial charge in [-0.25, -0.2) is 9.79 Å². The van der Waals surface area contributed by atoms with Crippen LogP contribution in [0.5, 0.6) is 0 Å². The van der Waals surface area contributed by atoms with Crippen LogP contribution in [0.25, 0.3) is 0 Å². The first-order valence-electron chi connectivity index (χ1n) is 4.02. The van der Waals surface area contributed by atoms with Crippen molar-refractivity contribution in [3.63, 3.8) is 0 Å². The maximum absolute atomic E-state index is 11.2. The lowest BCUT2D eigenvalue weighted by Crippen LogP contribution is -2.22. The van der Waals surface area contributed by atoms with Crippen molar-refractivity contribution < 1.29 is 14.3 Å². The SMILES string of the molecule is CC(=O)C1N=C(c2cccs2)OC1=O. The maximum Gasteiger partial charge on any atom is 0.345 e. The molecule has 0 aliphatic carbocycles. The summed E-state index contributed by atoms with van der Waals surface area (Å²) in [6.07, 6.45) is 0. The van der Waals surface area contributed by atoms with Gasteiger partial charge in [0, 0.05) is 0 Å². The highest BCUT2D eigenvalue weighted by Gasteiger charge is 2.33. The van der Waals surface area contributed by atoms with E-state index < -0.39 is 12.0 Å². The lowest BCUT2D eigenvalue weighted by Gasteiger charge is -1.94. The molecule has 1 aliphatic rings. The average Bonchev–Trinajstić information content (AvgIpc) is 2.70. The summed E-state index contributed by atoms with van der Waals surface area (Å²) in [5, 5.41) is 1.85. The average molecular weight is 209 g/mol. The Kier molecular flexibility index (Phi) is 2.17. The smallest absolute Gasteiger partial charge is 0.345 e. The predicted molar refractivity (Wildman–Crippen MR) is 51.4 cm³/mol. The Hall–Kier alpha value is -1.49. The minimum Gasteiger partial charge on any atom is -0.404 e. The van der Waals surface area contributed by atoms with Crippen LogP contribution in [0, 0.1) is 0 Å². The minimum atomic E-state index is -0.966. The number of carbonyl (C=O) groups excluding carboxylic acids is 2. The molecular formula is C9H7NO3S. The van der Waals surface area contributed by atoms with Crippen molar-refractivity contribution in [2.45, 2.75) is 13.0 Å². The van der Waals surface area contributed by atoms with Gasteiger partial charge in [0.1, 0.15) is 0 Å². The standard InChI is InChI=1S/C9H7NO3S/c1-5(11)7-9(12)13-8(10-7)6-3-2-4-14-6/h2-4,7H,1H3. The second-order valence-electron chi connectivity index (χ2n) is 2.85. The third kappa shape index (κ3) is 1.46. The Morgan fingerprint density at radius 2 is 2.43 bits per heavy atom. The van der Waals surface area contributed by atoms with Gasteiger partial charge in [-0.15, -0.1) is 11.3 Å². The molecule has 0 radical (unpaired) electrons. The number of rotatable bonds is 2. The van der Waals surface area contributed by atoms with Gasteiger partial charge < -0.3 is 4.74 Å². The number of nitrogens with zero attached hydrogens (tertiary/aromatic N) is 1. The summed E-state index contributed by atoms with van der Waals surface area (Å²) in [5.74, 6) is -0.618. The second kappa shape index (κ2) is 3.34. The summed E-state index contributed by atoms with van der Waals surface area (Å²) in [7, 11) is 0. The van der Waals surface area contributed by atoms with E-state index in [1.54, 1.807) is 6.07 Å². The number of Topliss-reactive ketones (excluding diaryl/α,β-unsaturated/α-hetero) is 1. The minimum absolute atomic E-state index is 0.255. The first-order valence-corrected chi connectivity index (χ1v) is 4.90. The van der Waals surface area contributed by atoms with Gasteiger partial charge in [0.2, 0.25) is 11.9 Å². The van der Waals surface area contributed by atoms with Gasteiger partial charge >= 0.3 is 5.97 Å². The van der Waals surface area contributed by atoms with E-state index >= 15 is 0 Å². The molecule has 1 aromatic rings. The second-order valence-corrected chi connectivity index (χ2v) is 3.79. The first-order chi connectivity index (χ1) is 6.68. The fraction of sp³-hybridized carbons (Fsp3) is 0.222. The molecule has 0 fully saturated rings. The van der Waals surface area contributed by atoms with Crippen LogP contribution in [0.4, 0.5) is 0 Å². The highest BCUT2D eigenvalue weighted by Crippen LogP contribution is 2.17. The molecule has 0 amide bonds. The van der Waals surface area contributed by atoms with Crippen LogP contribution in [0.15, 0.2) is 22.5 Å². The third-order valence-corrected chi connectivity index (χ3v) is 2.64. The number of ketones is 1. The molecule has 72 valence electrons. The molecule has 2 rings (SSSR count). The van der Waals surface area contributed by atoms with Crippen molar-refractivity contribution >= 4 is 29.0 Å². The van der Waals surface area contributed by atoms with E-state index in [-0.39, 0.29) is 11.7 Å². The van der Waals surface area contributed by atoms with E-state index in [9.17, 15) is 9.59 Å². The molecule has 0 saturated carbocycles. The Balaban J connectivity index is 2.29. The van der Waals surface area contributed by atoms with Crippen molar-refractivity contribution in [3.8, 4) is 0 Å². The van der Waals surface area contributed by atoms with Crippen LogP contribution < -0.4 is 0 Å². The summed E-state index contributed by atoms with van der Waals surface area (Å²) >= 11 is 1.42. The molecule has 4 nitrogen and oxygen atoms in total. The van der Waals surface area contributed by atoms with Crippen molar-refractivity contribution in [3.05, 3.63) is 22.4 Å². The number of esters is 1. The molecule has 0 saturated heterocycles. The summed E-state index contributed by atoms with van der Waals surface area (Å²) in [4.78, 5) is 26.8. The van der Waals surface area contributed by atoms with E-state index in [1.807, 2.05) is 11.4 Å². The van der Waals surface area contributed by atoms with Gasteiger partial charge in [-0.05, 0) is 18.4 Å². The molecule has 5 heteroatoms. The van der Waals surface area contributed by atoms with Crippen LogP contribution in [0.2, 0.25) is 0 Å². The van der Waals surface area contributed by atoms with Crippen molar-refractivity contribution in [1.29, 1.82) is 0 Å². The van der Waals surface area contributed by atoms with E-state index in [1.165, 1.54) is 18.3 Å². The molecule has 1 unspecified atom stereocenters. The Morgan fingerprint density at radius 1 is 1.64 bits per heavy atom. The molecule has 14 heavy (non-hydrogen) atoms. The lowest BCUT2D eigenvalue weighted by atomic mass is 10.2. The molecule has 0 bridgehead atoms. The molecule has 0 spiro atoms. The predicted octanol–water partition coefficient (Wildman–Crippen LogP) is 1.01. The van der Waals surface area contributed by atoms with E-state index in [0.29, 0.717) is 0 Å². The van der Waals surface area contributed by atoms with Gasteiger partial charge in [0.15, 0.2) is 5.78 Å². The number of hydrogen-bond donors (Lipinski definition) is 0. The topological polar surface area (TPSA) is 55.7 Å². The number of ether oxygens (including phenoxy) is 1. The van der Waals surface area contributed by atoms with Gasteiger partial charge in [-0.2, -0.15) is 0 Å². The van der Waals surface area contributed by atoms with Crippen LogP contribution in [-0.4, -0.2) is 23.7 Å². The molecular weight excluding hydrogens is 202 g/mol. The van der Waals surface area contributed by atoms with Gasteiger partial charge in [-0.3, -0.25) is 4.79 Å². The Labute approximate surface area is 84.2 Å². The zero-order chi connectivity index (χ0) is 10.1. The van der Waals surface area contributed by atoms with E-state index in [2.05, 4.69) is 4.99 Å². The number of cyclic esters (lactones) is 1. The summed E-state index contributed by atoms with van der Waals surface area (Å²) in [6.45, 7) is 1.33. The third-order valence-electron chi connectivity index (χ3n) is 1.78. The van der Waals surface area contributed by atoms with E-state index in [0.717, 1.165) is 4.88 Å². The summed E-state index contributed by atoms with van der Waals surface area (Å²) < 4.78 is 4.88. The summed E-state index contributed by atoms with van der Waals surface area (Å²) in [6, 6.07) is 2.66. The highest BCUT2D eigenvalue weighted by molar-refractivity contribution is 7.12. The molecule has 1 aromatic heterocycles. The molecule has 1 aliphatic heterocycles. The van der Waals surface area contributed by atoms with Crippen LogP contribution in [0.3, 0.4) is 0 Å². The maximum atomic E-state index is 11.2. The number of thiophene rings is 1. The van der Waals surface area contributed by atoms with E-state index in [4.69, 9.17) is 4.74 Å². The van der Waals surface area contributed by atoms with Crippen molar-refractivity contribution in [2.75, 3.05) is 0 Å².